The van der Waals surface area contributed by atoms with Gasteiger partial charge in [0.1, 0.15) is 0 Å². The molecule has 0 saturated heterocycles. The summed E-state index contributed by atoms with van der Waals surface area (Å²) in [6, 6.07) is 0. The summed E-state index contributed by atoms with van der Waals surface area (Å²) in [6.45, 7) is 8.50. The molecule has 0 aliphatic heterocycles. The van der Waals surface area contributed by atoms with Crippen molar-refractivity contribution in [1.82, 2.24) is 0 Å². The molecule has 0 radical (unpaired) electrons. The van der Waals surface area contributed by atoms with Gasteiger partial charge in [0.15, 0.2) is 0 Å². The third-order valence-electron chi connectivity index (χ3n) is 1.90. The quantitative estimate of drug-likeness (QED) is 0.556. The zero-order chi connectivity index (χ0) is 9.82. The van der Waals surface area contributed by atoms with Crippen molar-refractivity contribution in [2.45, 2.75) is 53.4 Å². The smallest absolute Gasteiger partial charge is 0.0273 e. The van der Waals surface area contributed by atoms with Crippen molar-refractivity contribution in [3.63, 3.8) is 0 Å². The zero-order valence-corrected chi connectivity index (χ0v) is 9.43. The van der Waals surface area contributed by atoms with Crippen LogP contribution < -0.4 is 0 Å². The van der Waals surface area contributed by atoms with Gasteiger partial charge in [-0.2, -0.15) is 0 Å². The summed E-state index contributed by atoms with van der Waals surface area (Å²) >= 11 is 0. The van der Waals surface area contributed by atoms with Crippen molar-refractivity contribution in [1.29, 1.82) is 0 Å². The lowest BCUT2D eigenvalue weighted by Gasteiger charge is -2.08. The van der Waals surface area contributed by atoms with E-state index in [0.29, 0.717) is 0 Å². The number of aliphatic imine (C=N–C) groups is 1. The van der Waals surface area contributed by atoms with Crippen LogP contribution in [0.2, 0.25) is 0 Å². The summed E-state index contributed by atoms with van der Waals surface area (Å²) in [5.41, 5.74) is 0. The van der Waals surface area contributed by atoms with E-state index < -0.39 is 0 Å². The minimum absolute atomic E-state index is 0.869. The van der Waals surface area contributed by atoms with Crippen LogP contribution in [-0.4, -0.2) is 13.3 Å². The van der Waals surface area contributed by atoms with Crippen molar-refractivity contribution >= 4 is 6.21 Å². The van der Waals surface area contributed by atoms with Gasteiger partial charge in [0.05, 0.1) is 0 Å². The van der Waals surface area contributed by atoms with Gasteiger partial charge < -0.3 is 4.99 Å². The van der Waals surface area contributed by atoms with E-state index in [9.17, 15) is 0 Å². The Morgan fingerprint density at radius 2 is 1.83 bits per heavy atom. The predicted molar refractivity (Wildman–Crippen MR) is 59.1 cm³/mol. The van der Waals surface area contributed by atoms with Crippen LogP contribution in [0.25, 0.3) is 0 Å². The summed E-state index contributed by atoms with van der Waals surface area (Å²) < 4.78 is 0. The Hall–Kier alpha value is -0.330. The van der Waals surface area contributed by atoms with E-state index in [-0.39, 0.29) is 0 Å². The molecule has 0 amide bonds. The fourth-order valence-electron chi connectivity index (χ4n) is 1.15. The van der Waals surface area contributed by atoms with Crippen LogP contribution in [0, 0.1) is 5.92 Å². The first-order valence-electron chi connectivity index (χ1n) is 5.25. The molecule has 1 atom stereocenters. The third kappa shape index (κ3) is 9.67. The van der Waals surface area contributed by atoms with Gasteiger partial charge in [0.2, 0.25) is 0 Å². The van der Waals surface area contributed by atoms with E-state index in [1.165, 1.54) is 25.7 Å². The van der Waals surface area contributed by atoms with Crippen molar-refractivity contribution in [2.75, 3.05) is 7.05 Å². The molecule has 1 nitrogen and oxygen atoms in total. The molecule has 1 heteroatoms. The van der Waals surface area contributed by atoms with Crippen molar-refractivity contribution in [2.24, 2.45) is 10.9 Å². The SMILES string of the molecule is CC.CCCC(CC)CC=NC. The second kappa shape index (κ2) is 13.3. The Bertz CT molecular complexity index is 87.0. The Morgan fingerprint density at radius 3 is 2.17 bits per heavy atom. The number of hydrogen-bond acceptors (Lipinski definition) is 1. The average molecular weight is 171 g/mol. The summed E-state index contributed by atoms with van der Waals surface area (Å²) in [5, 5.41) is 0. The Kier molecular flexibility index (Phi) is 15.7. The van der Waals surface area contributed by atoms with Crippen LogP contribution in [0.15, 0.2) is 4.99 Å². The lowest BCUT2D eigenvalue weighted by atomic mass is 9.98. The van der Waals surface area contributed by atoms with Gasteiger partial charge in [-0.3, -0.25) is 0 Å². The summed E-state index contributed by atoms with van der Waals surface area (Å²) in [7, 11) is 1.85. The molecule has 0 fully saturated rings. The van der Waals surface area contributed by atoms with E-state index in [1.807, 2.05) is 27.1 Å². The molecule has 12 heavy (non-hydrogen) atoms. The summed E-state index contributed by atoms with van der Waals surface area (Å²) in [6.07, 6.45) is 7.14. The van der Waals surface area contributed by atoms with Crippen molar-refractivity contribution in [3.05, 3.63) is 0 Å². The maximum atomic E-state index is 3.98. The normalized spacial score (nSPS) is 12.4. The average Bonchev–Trinajstić information content (AvgIpc) is 2.15. The fraction of sp³-hybridized carbons (Fsp3) is 0.909. The maximum absolute atomic E-state index is 3.98. The van der Waals surface area contributed by atoms with Gasteiger partial charge >= 0.3 is 0 Å². The largest absolute Gasteiger partial charge is 0.301 e. The molecule has 0 heterocycles. The first kappa shape index (κ1) is 14.2. The highest BCUT2D eigenvalue weighted by atomic mass is 14.6. The number of hydrogen-bond donors (Lipinski definition) is 0. The molecule has 0 bridgehead atoms. The molecular formula is C11H25N. The molecule has 0 spiro atoms. The Balaban J connectivity index is 0. The summed E-state index contributed by atoms with van der Waals surface area (Å²) in [4.78, 5) is 3.98. The monoisotopic (exact) mass is 171 g/mol. The first-order chi connectivity index (χ1) is 5.85. The van der Waals surface area contributed by atoms with E-state index in [1.54, 1.807) is 0 Å². The van der Waals surface area contributed by atoms with Crippen LogP contribution in [0.1, 0.15) is 53.4 Å². The van der Waals surface area contributed by atoms with Gasteiger partial charge in [-0.25, -0.2) is 0 Å². The number of rotatable bonds is 5. The van der Waals surface area contributed by atoms with E-state index in [2.05, 4.69) is 18.8 Å². The molecule has 0 aliphatic rings. The molecule has 74 valence electrons. The standard InChI is InChI=1S/C9H19N.C2H6/c1-4-6-9(5-2)7-8-10-3;1-2/h8-9H,4-7H2,1-3H3;1-2H3. The summed E-state index contributed by atoms with van der Waals surface area (Å²) in [5.74, 6) is 0.869. The van der Waals surface area contributed by atoms with Gasteiger partial charge in [-0.15, -0.1) is 0 Å². The Morgan fingerprint density at radius 1 is 1.25 bits per heavy atom. The molecule has 1 unspecified atom stereocenters. The van der Waals surface area contributed by atoms with Gasteiger partial charge in [-0.1, -0.05) is 47.0 Å². The van der Waals surface area contributed by atoms with E-state index >= 15 is 0 Å². The lowest BCUT2D eigenvalue weighted by Crippen LogP contribution is -1.98. The zero-order valence-electron chi connectivity index (χ0n) is 9.43. The van der Waals surface area contributed by atoms with Crippen LogP contribution in [-0.2, 0) is 0 Å². The van der Waals surface area contributed by atoms with Gasteiger partial charge in [-0.05, 0) is 18.6 Å². The van der Waals surface area contributed by atoms with Crippen molar-refractivity contribution < 1.29 is 0 Å². The maximum Gasteiger partial charge on any atom is 0.0273 e. The molecule has 0 aliphatic carbocycles. The lowest BCUT2D eigenvalue weighted by molar-refractivity contribution is 0.484. The van der Waals surface area contributed by atoms with Gasteiger partial charge in [0, 0.05) is 7.05 Å². The third-order valence-corrected chi connectivity index (χ3v) is 1.90. The minimum Gasteiger partial charge on any atom is -0.301 e. The van der Waals surface area contributed by atoms with Crippen LogP contribution in [0.4, 0.5) is 0 Å². The van der Waals surface area contributed by atoms with Crippen LogP contribution in [0.5, 0.6) is 0 Å². The molecule has 0 aromatic heterocycles. The molecule has 0 rings (SSSR count). The highest BCUT2D eigenvalue weighted by Crippen LogP contribution is 2.13. The molecule has 0 aromatic carbocycles. The Labute approximate surface area is 78.3 Å². The number of nitrogens with zero attached hydrogens (tertiary/aromatic N) is 1. The molecule has 0 N–H and O–H groups in total. The first-order valence-corrected chi connectivity index (χ1v) is 5.25. The van der Waals surface area contributed by atoms with Crippen LogP contribution in [0.3, 0.4) is 0 Å². The predicted octanol–water partition coefficient (Wildman–Crippen LogP) is 3.93. The van der Waals surface area contributed by atoms with E-state index in [4.69, 9.17) is 0 Å². The second-order valence-corrected chi connectivity index (χ2v) is 2.74. The topological polar surface area (TPSA) is 12.4 Å². The molecular weight excluding hydrogens is 146 g/mol. The minimum atomic E-state index is 0.869. The molecule has 0 aromatic rings. The van der Waals surface area contributed by atoms with E-state index in [0.717, 1.165) is 5.92 Å². The second-order valence-electron chi connectivity index (χ2n) is 2.74. The van der Waals surface area contributed by atoms with Crippen LogP contribution >= 0.6 is 0 Å². The van der Waals surface area contributed by atoms with Crippen molar-refractivity contribution in [3.8, 4) is 0 Å². The molecule has 0 saturated carbocycles. The fourth-order valence-corrected chi connectivity index (χ4v) is 1.15. The highest BCUT2D eigenvalue weighted by molar-refractivity contribution is 5.57. The highest BCUT2D eigenvalue weighted by Gasteiger charge is 2.01. The van der Waals surface area contributed by atoms with Gasteiger partial charge in [0.25, 0.3) is 0 Å².